The van der Waals surface area contributed by atoms with Gasteiger partial charge in [-0.25, -0.2) is 4.98 Å². The van der Waals surface area contributed by atoms with Gasteiger partial charge in [-0.3, -0.25) is 9.78 Å². The topological polar surface area (TPSA) is 68.5 Å². The number of carbonyl (C=O) groups excluding carboxylic acids is 1. The Morgan fingerprint density at radius 1 is 1.03 bits per heavy atom. The molecule has 5 aromatic rings. The molecule has 0 saturated heterocycles. The highest BCUT2D eigenvalue weighted by atomic mass is 16.5. The van der Waals surface area contributed by atoms with E-state index in [9.17, 15) is 4.79 Å². The van der Waals surface area contributed by atoms with Crippen molar-refractivity contribution in [3.8, 4) is 5.75 Å². The highest BCUT2D eigenvalue weighted by Gasteiger charge is 2.09. The van der Waals surface area contributed by atoms with Gasteiger partial charge in [-0.15, -0.1) is 0 Å². The smallest absolute Gasteiger partial charge is 0.255 e. The van der Waals surface area contributed by atoms with Crippen LogP contribution in [0.5, 0.6) is 5.75 Å². The molecule has 3 aromatic heterocycles. The minimum absolute atomic E-state index is 0.217. The lowest BCUT2D eigenvalue weighted by Gasteiger charge is -2.08. The molecule has 0 bridgehead atoms. The Hall–Kier alpha value is -4.19. The van der Waals surface area contributed by atoms with Gasteiger partial charge in [0.15, 0.2) is 0 Å². The number of aryl methyl sites for hydroxylation is 1. The first kappa shape index (κ1) is 18.8. The molecule has 6 nitrogen and oxygen atoms in total. The van der Waals surface area contributed by atoms with Crippen LogP contribution in [0.1, 0.15) is 21.6 Å². The first-order chi connectivity index (χ1) is 15.1. The van der Waals surface area contributed by atoms with Crippen molar-refractivity contribution in [3.63, 3.8) is 0 Å². The Kier molecular flexibility index (Phi) is 4.80. The van der Waals surface area contributed by atoms with Gasteiger partial charge in [0, 0.05) is 23.3 Å². The number of carbonyl (C=O) groups is 1. The maximum atomic E-state index is 12.7. The molecule has 0 radical (unpaired) electrons. The zero-order valence-electron chi connectivity index (χ0n) is 16.9. The first-order valence-electron chi connectivity index (χ1n) is 9.97. The molecule has 6 heteroatoms. The molecule has 2 aromatic carbocycles. The maximum absolute atomic E-state index is 12.7. The molecule has 0 unspecified atom stereocenters. The van der Waals surface area contributed by atoms with Crippen molar-refractivity contribution in [2.75, 3.05) is 5.32 Å². The van der Waals surface area contributed by atoms with Crippen LogP contribution in [0.15, 0.2) is 85.3 Å². The Morgan fingerprint density at radius 2 is 1.94 bits per heavy atom. The largest absolute Gasteiger partial charge is 0.487 e. The number of nitrogens with one attached hydrogen (secondary N) is 1. The van der Waals surface area contributed by atoms with Gasteiger partial charge in [-0.2, -0.15) is 0 Å². The molecule has 1 N–H and O–H groups in total. The second kappa shape index (κ2) is 7.91. The van der Waals surface area contributed by atoms with Crippen LogP contribution in [0.25, 0.3) is 16.6 Å². The average molecular weight is 408 g/mol. The summed E-state index contributed by atoms with van der Waals surface area (Å²) in [5, 5.41) is 3.87. The summed E-state index contributed by atoms with van der Waals surface area (Å²) in [6.07, 6.45) is 5.63. The summed E-state index contributed by atoms with van der Waals surface area (Å²) in [5.74, 6) is 0.392. The molecule has 0 saturated carbocycles. The van der Waals surface area contributed by atoms with Crippen LogP contribution in [0.3, 0.4) is 0 Å². The molecule has 0 spiro atoms. The van der Waals surface area contributed by atoms with E-state index < -0.39 is 0 Å². The zero-order chi connectivity index (χ0) is 21.2. The monoisotopic (exact) mass is 408 g/mol. The van der Waals surface area contributed by atoms with Crippen LogP contribution in [-0.4, -0.2) is 20.3 Å². The number of hydrogen-bond donors (Lipinski definition) is 1. The van der Waals surface area contributed by atoms with E-state index in [1.54, 1.807) is 24.4 Å². The van der Waals surface area contributed by atoms with Crippen LogP contribution < -0.4 is 10.1 Å². The molecule has 0 aliphatic rings. The summed E-state index contributed by atoms with van der Waals surface area (Å²) in [6.45, 7) is 2.36. The van der Waals surface area contributed by atoms with Gasteiger partial charge >= 0.3 is 0 Å². The summed E-state index contributed by atoms with van der Waals surface area (Å²) < 4.78 is 7.86. The molecular weight excluding hydrogens is 388 g/mol. The summed E-state index contributed by atoms with van der Waals surface area (Å²) >= 11 is 0. The highest BCUT2D eigenvalue weighted by Crippen LogP contribution is 2.19. The third-order valence-corrected chi connectivity index (χ3v) is 4.98. The summed E-state index contributed by atoms with van der Waals surface area (Å²) in [6, 6.07) is 20.8. The molecule has 0 atom stereocenters. The minimum atomic E-state index is -0.217. The lowest BCUT2D eigenvalue weighted by Crippen LogP contribution is -2.12. The fourth-order valence-electron chi connectivity index (χ4n) is 3.45. The standard InChI is InChI=1S/C25H20N4O2/c1-17-9-10-24-27-21(15-29(24)14-17)16-31-22-7-4-6-19(12-22)25(30)28-20-11-18-5-2-3-8-23(18)26-13-20/h2-15H,16H2,1H3,(H,28,30). The van der Waals surface area contributed by atoms with Crippen LogP contribution in [0.2, 0.25) is 0 Å². The van der Waals surface area contributed by atoms with E-state index in [-0.39, 0.29) is 5.91 Å². The average Bonchev–Trinajstić information content (AvgIpc) is 3.20. The minimum Gasteiger partial charge on any atom is -0.487 e. The number of rotatable bonds is 5. The Bertz CT molecular complexity index is 1410. The number of imidazole rings is 1. The number of pyridine rings is 2. The van der Waals surface area contributed by atoms with E-state index in [1.165, 1.54) is 0 Å². The van der Waals surface area contributed by atoms with Crippen LogP contribution >= 0.6 is 0 Å². The fraction of sp³-hybridized carbons (Fsp3) is 0.0800. The van der Waals surface area contributed by atoms with E-state index in [1.807, 2.05) is 72.2 Å². The summed E-state index contributed by atoms with van der Waals surface area (Å²) in [4.78, 5) is 21.7. The predicted octanol–water partition coefficient (Wildman–Crippen LogP) is 5.02. The summed E-state index contributed by atoms with van der Waals surface area (Å²) in [5.41, 5.74) is 4.91. The van der Waals surface area contributed by atoms with Gasteiger partial charge in [-0.05, 0) is 48.9 Å². The van der Waals surface area contributed by atoms with Crippen LogP contribution in [0.4, 0.5) is 5.69 Å². The van der Waals surface area contributed by atoms with Gasteiger partial charge in [-0.1, -0.05) is 30.3 Å². The number of benzene rings is 2. The number of anilines is 1. The molecule has 3 heterocycles. The normalized spacial score (nSPS) is 11.0. The second-order valence-corrected chi connectivity index (χ2v) is 7.39. The van der Waals surface area contributed by atoms with E-state index in [0.29, 0.717) is 23.6 Å². The van der Waals surface area contributed by atoms with Crippen molar-refractivity contribution in [2.45, 2.75) is 13.5 Å². The highest BCUT2D eigenvalue weighted by molar-refractivity contribution is 6.05. The van der Waals surface area contributed by atoms with E-state index in [2.05, 4.69) is 15.3 Å². The molecule has 31 heavy (non-hydrogen) atoms. The van der Waals surface area contributed by atoms with Crippen molar-refractivity contribution in [3.05, 3.63) is 102 Å². The lowest BCUT2D eigenvalue weighted by atomic mass is 10.2. The van der Waals surface area contributed by atoms with Crippen molar-refractivity contribution >= 4 is 28.1 Å². The van der Waals surface area contributed by atoms with Gasteiger partial charge in [0.05, 0.1) is 23.1 Å². The molecular formula is C25H20N4O2. The Balaban J connectivity index is 1.28. The molecule has 0 aliphatic carbocycles. The van der Waals surface area contributed by atoms with Crippen molar-refractivity contribution in [2.24, 2.45) is 0 Å². The fourth-order valence-corrected chi connectivity index (χ4v) is 3.45. The number of nitrogens with zero attached hydrogens (tertiary/aromatic N) is 3. The van der Waals surface area contributed by atoms with Gasteiger partial charge in [0.2, 0.25) is 0 Å². The van der Waals surface area contributed by atoms with Crippen molar-refractivity contribution in [1.29, 1.82) is 0 Å². The maximum Gasteiger partial charge on any atom is 0.255 e. The molecule has 0 fully saturated rings. The number of ether oxygens (including phenoxy) is 1. The van der Waals surface area contributed by atoms with E-state index in [4.69, 9.17) is 4.74 Å². The van der Waals surface area contributed by atoms with E-state index in [0.717, 1.165) is 27.8 Å². The number of amides is 1. The number of aromatic nitrogens is 3. The zero-order valence-corrected chi connectivity index (χ0v) is 16.9. The predicted molar refractivity (Wildman–Crippen MR) is 120 cm³/mol. The van der Waals surface area contributed by atoms with Gasteiger partial charge in [0.25, 0.3) is 5.91 Å². The molecule has 152 valence electrons. The first-order valence-corrected chi connectivity index (χ1v) is 9.97. The molecule has 5 rings (SSSR count). The van der Waals surface area contributed by atoms with Crippen molar-refractivity contribution < 1.29 is 9.53 Å². The van der Waals surface area contributed by atoms with Crippen molar-refractivity contribution in [1.82, 2.24) is 14.4 Å². The number of hydrogen-bond acceptors (Lipinski definition) is 4. The Morgan fingerprint density at radius 3 is 2.87 bits per heavy atom. The lowest BCUT2D eigenvalue weighted by molar-refractivity contribution is 0.102. The third-order valence-electron chi connectivity index (χ3n) is 4.98. The second-order valence-electron chi connectivity index (χ2n) is 7.39. The third kappa shape index (κ3) is 4.09. The van der Waals surface area contributed by atoms with Crippen LogP contribution in [-0.2, 0) is 6.61 Å². The summed E-state index contributed by atoms with van der Waals surface area (Å²) in [7, 11) is 0. The van der Waals surface area contributed by atoms with Gasteiger partial charge in [0.1, 0.15) is 18.0 Å². The van der Waals surface area contributed by atoms with E-state index >= 15 is 0 Å². The number of fused-ring (bicyclic) bond motifs is 2. The quantitative estimate of drug-likeness (QED) is 0.443. The SMILES string of the molecule is Cc1ccc2nc(COc3cccc(C(=O)Nc4cnc5ccccc5c4)c3)cn2c1. The molecule has 1 amide bonds. The Labute approximate surface area is 179 Å². The number of para-hydroxylation sites is 1. The van der Waals surface area contributed by atoms with Crippen LogP contribution in [0, 0.1) is 6.92 Å². The van der Waals surface area contributed by atoms with Gasteiger partial charge < -0.3 is 14.5 Å². The molecule has 0 aliphatic heterocycles.